The lowest BCUT2D eigenvalue weighted by molar-refractivity contribution is 0.136. The lowest BCUT2D eigenvalue weighted by Crippen LogP contribution is -2.49. The average Bonchev–Trinajstić information content (AvgIpc) is 2.29. The summed E-state index contributed by atoms with van der Waals surface area (Å²) in [5.41, 5.74) is 6.63. The molecule has 1 aliphatic carbocycles. The quantitative estimate of drug-likeness (QED) is 0.785. The Hall–Kier alpha value is -0.120. The predicted octanol–water partition coefficient (Wildman–Crippen LogP) is 1.29. The first-order valence-electron chi connectivity index (χ1n) is 6.88. The van der Waals surface area contributed by atoms with Crippen molar-refractivity contribution in [2.75, 3.05) is 39.8 Å². The molecule has 3 nitrogen and oxygen atoms in total. The first-order chi connectivity index (χ1) is 7.68. The summed E-state index contributed by atoms with van der Waals surface area (Å²) in [6.45, 7) is 6.11. The highest BCUT2D eigenvalue weighted by Gasteiger charge is 2.28. The summed E-state index contributed by atoms with van der Waals surface area (Å²) in [6, 6.07) is 0. The molecule has 2 N–H and O–H groups in total. The Kier molecular flexibility index (Phi) is 4.22. The van der Waals surface area contributed by atoms with Crippen LogP contribution in [0.2, 0.25) is 0 Å². The first kappa shape index (κ1) is 12.3. The summed E-state index contributed by atoms with van der Waals surface area (Å²) in [7, 11) is 2.21. The fourth-order valence-corrected chi connectivity index (χ4v) is 2.96. The van der Waals surface area contributed by atoms with Gasteiger partial charge >= 0.3 is 0 Å². The molecule has 1 saturated heterocycles. The molecule has 1 saturated carbocycles. The maximum Gasteiger partial charge on any atom is 0.0166 e. The minimum absolute atomic E-state index is 0.168. The number of hydrogen-bond acceptors (Lipinski definition) is 3. The van der Waals surface area contributed by atoms with Gasteiger partial charge in [0.05, 0.1) is 0 Å². The molecule has 0 spiro atoms. The predicted molar refractivity (Wildman–Crippen MR) is 68.6 cm³/mol. The first-order valence-corrected chi connectivity index (χ1v) is 6.88. The lowest BCUT2D eigenvalue weighted by Gasteiger charge is -2.37. The molecule has 2 fully saturated rings. The van der Waals surface area contributed by atoms with Crippen LogP contribution in [0.25, 0.3) is 0 Å². The van der Waals surface area contributed by atoms with Gasteiger partial charge in [-0.3, -0.25) is 0 Å². The van der Waals surface area contributed by atoms with Crippen LogP contribution < -0.4 is 5.73 Å². The maximum atomic E-state index is 6.47. The third-order valence-corrected chi connectivity index (χ3v) is 4.37. The van der Waals surface area contributed by atoms with Gasteiger partial charge in [0.2, 0.25) is 0 Å². The van der Waals surface area contributed by atoms with Crippen LogP contribution in [0.4, 0.5) is 0 Å². The van der Waals surface area contributed by atoms with Gasteiger partial charge in [0, 0.05) is 31.7 Å². The molecule has 2 rings (SSSR count). The topological polar surface area (TPSA) is 32.5 Å². The molecule has 0 aromatic rings. The maximum absolute atomic E-state index is 6.47. The van der Waals surface area contributed by atoms with E-state index in [1.807, 2.05) is 0 Å². The fourth-order valence-electron chi connectivity index (χ4n) is 2.96. The SMILES string of the molecule is CN1CCN(CCC2(N)CCCCC2)CC1. The normalized spacial score (nSPS) is 28.1. The summed E-state index contributed by atoms with van der Waals surface area (Å²) in [5, 5.41) is 0. The molecule has 0 bridgehead atoms. The van der Waals surface area contributed by atoms with Crippen molar-refractivity contribution >= 4 is 0 Å². The monoisotopic (exact) mass is 225 g/mol. The second kappa shape index (κ2) is 5.48. The molecule has 0 aromatic heterocycles. The van der Waals surface area contributed by atoms with Gasteiger partial charge in [-0.2, -0.15) is 0 Å². The molecule has 0 unspecified atom stereocenters. The minimum atomic E-state index is 0.168. The Morgan fingerprint density at radius 3 is 2.25 bits per heavy atom. The molecule has 1 heterocycles. The molecule has 16 heavy (non-hydrogen) atoms. The highest BCUT2D eigenvalue weighted by Crippen LogP contribution is 2.28. The van der Waals surface area contributed by atoms with Crippen molar-refractivity contribution in [1.82, 2.24) is 9.80 Å². The summed E-state index contributed by atoms with van der Waals surface area (Å²) < 4.78 is 0. The summed E-state index contributed by atoms with van der Waals surface area (Å²) in [6.07, 6.45) is 7.80. The Morgan fingerprint density at radius 1 is 1.00 bits per heavy atom. The zero-order chi connectivity index (χ0) is 11.4. The zero-order valence-electron chi connectivity index (χ0n) is 10.7. The number of piperazine rings is 1. The molecular formula is C13H27N3. The molecule has 1 aliphatic heterocycles. The van der Waals surface area contributed by atoms with Gasteiger partial charge < -0.3 is 15.5 Å². The third kappa shape index (κ3) is 3.44. The van der Waals surface area contributed by atoms with Crippen LogP contribution in [0, 0.1) is 0 Å². The molecule has 0 radical (unpaired) electrons. The van der Waals surface area contributed by atoms with Crippen LogP contribution in [-0.2, 0) is 0 Å². The van der Waals surface area contributed by atoms with E-state index in [0.29, 0.717) is 0 Å². The van der Waals surface area contributed by atoms with E-state index in [0.717, 1.165) is 0 Å². The van der Waals surface area contributed by atoms with Crippen molar-refractivity contribution in [1.29, 1.82) is 0 Å². The van der Waals surface area contributed by atoms with Crippen LogP contribution in [0.3, 0.4) is 0 Å². The number of rotatable bonds is 3. The Morgan fingerprint density at radius 2 is 1.62 bits per heavy atom. The van der Waals surface area contributed by atoms with Crippen molar-refractivity contribution in [3.8, 4) is 0 Å². The van der Waals surface area contributed by atoms with Crippen LogP contribution >= 0.6 is 0 Å². The van der Waals surface area contributed by atoms with Crippen molar-refractivity contribution in [3.05, 3.63) is 0 Å². The molecule has 0 amide bonds. The molecule has 2 aliphatic rings. The number of nitrogens with zero attached hydrogens (tertiary/aromatic N) is 2. The average molecular weight is 225 g/mol. The molecule has 3 heteroatoms. The second-order valence-electron chi connectivity index (χ2n) is 5.82. The van der Waals surface area contributed by atoms with E-state index in [4.69, 9.17) is 5.73 Å². The van der Waals surface area contributed by atoms with Crippen LogP contribution in [0.5, 0.6) is 0 Å². The molecule has 94 valence electrons. The van der Waals surface area contributed by atoms with E-state index in [1.54, 1.807) is 0 Å². The summed E-state index contributed by atoms with van der Waals surface area (Å²) >= 11 is 0. The highest BCUT2D eigenvalue weighted by molar-refractivity contribution is 4.88. The van der Waals surface area contributed by atoms with Gasteiger partial charge in [0.15, 0.2) is 0 Å². The lowest BCUT2D eigenvalue weighted by atomic mass is 9.80. The zero-order valence-corrected chi connectivity index (χ0v) is 10.7. The van der Waals surface area contributed by atoms with E-state index < -0.39 is 0 Å². The second-order valence-corrected chi connectivity index (χ2v) is 5.82. The van der Waals surface area contributed by atoms with Gasteiger partial charge in [-0.05, 0) is 32.9 Å². The molecular weight excluding hydrogens is 198 g/mol. The van der Waals surface area contributed by atoms with Crippen LogP contribution in [0.15, 0.2) is 0 Å². The molecule has 0 atom stereocenters. The molecule has 0 aromatic carbocycles. The van der Waals surface area contributed by atoms with Crippen molar-refractivity contribution < 1.29 is 0 Å². The summed E-state index contributed by atoms with van der Waals surface area (Å²) in [4.78, 5) is 5.00. The van der Waals surface area contributed by atoms with Gasteiger partial charge in [0.25, 0.3) is 0 Å². The Balaban J connectivity index is 1.70. The highest BCUT2D eigenvalue weighted by atomic mass is 15.2. The van der Waals surface area contributed by atoms with E-state index in [9.17, 15) is 0 Å². The van der Waals surface area contributed by atoms with E-state index in [2.05, 4.69) is 16.8 Å². The van der Waals surface area contributed by atoms with Gasteiger partial charge in [-0.1, -0.05) is 19.3 Å². The van der Waals surface area contributed by atoms with E-state index in [-0.39, 0.29) is 5.54 Å². The van der Waals surface area contributed by atoms with Gasteiger partial charge in [0.1, 0.15) is 0 Å². The Labute approximate surface area is 100.0 Å². The van der Waals surface area contributed by atoms with Gasteiger partial charge in [-0.25, -0.2) is 0 Å². The third-order valence-electron chi connectivity index (χ3n) is 4.37. The van der Waals surface area contributed by atoms with Crippen LogP contribution in [-0.4, -0.2) is 55.1 Å². The largest absolute Gasteiger partial charge is 0.325 e. The van der Waals surface area contributed by atoms with Crippen molar-refractivity contribution in [2.45, 2.75) is 44.1 Å². The number of nitrogens with two attached hydrogens (primary N) is 1. The number of hydrogen-bond donors (Lipinski definition) is 1. The fraction of sp³-hybridized carbons (Fsp3) is 1.00. The number of likely N-dealkylation sites (N-methyl/N-ethyl adjacent to an activating group) is 1. The Bertz CT molecular complexity index is 203. The standard InChI is InChI=1S/C13H27N3/c1-15-9-11-16(12-10-15)8-7-13(14)5-3-2-4-6-13/h2-12,14H2,1H3. The van der Waals surface area contributed by atoms with Crippen molar-refractivity contribution in [3.63, 3.8) is 0 Å². The minimum Gasteiger partial charge on any atom is -0.325 e. The van der Waals surface area contributed by atoms with Crippen LogP contribution in [0.1, 0.15) is 38.5 Å². The smallest absolute Gasteiger partial charge is 0.0166 e. The van der Waals surface area contributed by atoms with E-state index in [1.165, 1.54) is 71.2 Å². The summed E-state index contributed by atoms with van der Waals surface area (Å²) in [5.74, 6) is 0. The van der Waals surface area contributed by atoms with E-state index >= 15 is 0 Å². The van der Waals surface area contributed by atoms with Gasteiger partial charge in [-0.15, -0.1) is 0 Å². The van der Waals surface area contributed by atoms with Crippen molar-refractivity contribution in [2.24, 2.45) is 5.73 Å².